The third-order valence-electron chi connectivity index (χ3n) is 3.36. The van der Waals surface area contributed by atoms with E-state index in [-0.39, 0.29) is 0 Å². The lowest BCUT2D eigenvalue weighted by Gasteiger charge is -2.09. The van der Waals surface area contributed by atoms with E-state index in [2.05, 4.69) is 55.9 Å². The zero-order chi connectivity index (χ0) is 12.4. The van der Waals surface area contributed by atoms with Crippen LogP contribution in [0.1, 0.15) is 63.8 Å². The highest BCUT2D eigenvalue weighted by Gasteiger charge is 2.09. The van der Waals surface area contributed by atoms with Crippen LogP contribution in [0.4, 0.5) is 0 Å². The molecule has 0 radical (unpaired) electrons. The summed E-state index contributed by atoms with van der Waals surface area (Å²) in [5.74, 6) is 2.18. The molecule has 0 aliphatic carbocycles. The molecule has 1 heterocycles. The van der Waals surface area contributed by atoms with Crippen molar-refractivity contribution in [2.75, 3.05) is 0 Å². The number of hydrogen-bond acceptors (Lipinski definition) is 1. The molecular weight excluding hydrogens is 208 g/mol. The Labute approximate surface area is 103 Å². The summed E-state index contributed by atoms with van der Waals surface area (Å²) in [5.41, 5.74) is 3.67. The van der Waals surface area contributed by atoms with Crippen molar-refractivity contribution in [1.82, 2.24) is 9.97 Å². The number of aromatic nitrogens is 2. The molecule has 2 heteroatoms. The molecule has 2 nitrogen and oxygen atoms in total. The summed E-state index contributed by atoms with van der Waals surface area (Å²) in [6, 6.07) is 6.61. The Hall–Kier alpha value is -1.31. The lowest BCUT2D eigenvalue weighted by atomic mass is 9.96. The molecule has 0 spiro atoms. The summed E-state index contributed by atoms with van der Waals surface area (Å²) < 4.78 is 0. The third kappa shape index (κ3) is 2.51. The van der Waals surface area contributed by atoms with Crippen molar-refractivity contribution >= 4 is 11.0 Å². The lowest BCUT2D eigenvalue weighted by Crippen LogP contribution is -1.92. The number of H-pyrrole nitrogens is 1. The highest BCUT2D eigenvalue weighted by molar-refractivity contribution is 5.76. The molecule has 2 aromatic rings. The minimum Gasteiger partial charge on any atom is -0.342 e. The lowest BCUT2D eigenvalue weighted by molar-refractivity contribution is 0.665. The van der Waals surface area contributed by atoms with Crippen LogP contribution in [0.25, 0.3) is 11.0 Å². The van der Waals surface area contributed by atoms with Crippen molar-refractivity contribution in [3.8, 4) is 0 Å². The van der Waals surface area contributed by atoms with Gasteiger partial charge in [0, 0.05) is 5.92 Å². The van der Waals surface area contributed by atoms with E-state index in [9.17, 15) is 0 Å². The molecule has 1 aromatic heterocycles. The van der Waals surface area contributed by atoms with Crippen LogP contribution >= 0.6 is 0 Å². The molecule has 1 aromatic carbocycles. The average molecular weight is 230 g/mol. The van der Waals surface area contributed by atoms with Crippen LogP contribution in [0.2, 0.25) is 0 Å². The zero-order valence-corrected chi connectivity index (χ0v) is 11.2. The number of fused-ring (bicyclic) bond motifs is 1. The van der Waals surface area contributed by atoms with Crippen molar-refractivity contribution in [3.63, 3.8) is 0 Å². The van der Waals surface area contributed by atoms with Gasteiger partial charge in [-0.3, -0.25) is 0 Å². The summed E-state index contributed by atoms with van der Waals surface area (Å²) in [6.07, 6.45) is 2.48. The summed E-state index contributed by atoms with van der Waals surface area (Å²) in [7, 11) is 0. The molecule has 0 aliphatic heterocycles. The van der Waals surface area contributed by atoms with Gasteiger partial charge in [0.05, 0.1) is 11.0 Å². The first kappa shape index (κ1) is 12.2. The Morgan fingerprint density at radius 1 is 1.24 bits per heavy atom. The molecule has 1 atom stereocenters. The molecule has 0 bridgehead atoms. The molecular formula is C15H22N2. The van der Waals surface area contributed by atoms with E-state index < -0.39 is 0 Å². The van der Waals surface area contributed by atoms with Gasteiger partial charge < -0.3 is 4.98 Å². The van der Waals surface area contributed by atoms with Crippen molar-refractivity contribution in [2.45, 2.75) is 52.4 Å². The van der Waals surface area contributed by atoms with Gasteiger partial charge in [-0.15, -0.1) is 0 Å². The molecule has 0 saturated carbocycles. The van der Waals surface area contributed by atoms with Gasteiger partial charge in [0.2, 0.25) is 0 Å². The zero-order valence-electron chi connectivity index (χ0n) is 11.2. The molecule has 0 saturated heterocycles. The van der Waals surface area contributed by atoms with Crippen LogP contribution in [-0.2, 0) is 0 Å². The van der Waals surface area contributed by atoms with Crippen molar-refractivity contribution in [1.29, 1.82) is 0 Å². The molecule has 17 heavy (non-hydrogen) atoms. The topological polar surface area (TPSA) is 28.7 Å². The fraction of sp³-hybridized carbons (Fsp3) is 0.533. The van der Waals surface area contributed by atoms with Gasteiger partial charge in [0.1, 0.15) is 5.82 Å². The summed E-state index contributed by atoms with van der Waals surface area (Å²) in [5, 5.41) is 0. The van der Waals surface area contributed by atoms with Crippen LogP contribution in [0.15, 0.2) is 18.2 Å². The second-order valence-electron chi connectivity index (χ2n) is 5.24. The standard InChI is InChI=1S/C15H22N2/c1-5-6-11(4)12-7-8-13-14(9-12)17-15(16-13)10(2)3/h7-11H,5-6H2,1-4H3,(H,16,17). The van der Waals surface area contributed by atoms with Crippen molar-refractivity contribution < 1.29 is 0 Å². The second kappa shape index (κ2) is 4.91. The minimum absolute atomic E-state index is 0.457. The van der Waals surface area contributed by atoms with E-state index in [4.69, 9.17) is 0 Å². The predicted molar refractivity (Wildman–Crippen MR) is 73.5 cm³/mol. The monoisotopic (exact) mass is 230 g/mol. The number of aromatic amines is 1. The average Bonchev–Trinajstić information content (AvgIpc) is 2.71. The van der Waals surface area contributed by atoms with Crippen LogP contribution in [0.5, 0.6) is 0 Å². The smallest absolute Gasteiger partial charge is 0.109 e. The van der Waals surface area contributed by atoms with Gasteiger partial charge in [-0.25, -0.2) is 4.98 Å². The van der Waals surface area contributed by atoms with Crippen LogP contribution in [0.3, 0.4) is 0 Å². The first-order chi connectivity index (χ1) is 8.11. The van der Waals surface area contributed by atoms with Crippen LogP contribution < -0.4 is 0 Å². The van der Waals surface area contributed by atoms with Gasteiger partial charge in [-0.1, -0.05) is 40.2 Å². The van der Waals surface area contributed by atoms with Gasteiger partial charge in [0.25, 0.3) is 0 Å². The Balaban J connectivity index is 2.36. The SMILES string of the molecule is CCCC(C)c1ccc2nc(C(C)C)[nH]c2c1. The van der Waals surface area contributed by atoms with E-state index in [1.165, 1.54) is 23.9 Å². The van der Waals surface area contributed by atoms with E-state index in [1.54, 1.807) is 0 Å². The molecule has 0 amide bonds. The Morgan fingerprint density at radius 3 is 2.65 bits per heavy atom. The van der Waals surface area contributed by atoms with Gasteiger partial charge >= 0.3 is 0 Å². The van der Waals surface area contributed by atoms with Crippen molar-refractivity contribution in [2.24, 2.45) is 0 Å². The first-order valence-corrected chi connectivity index (χ1v) is 6.61. The van der Waals surface area contributed by atoms with Gasteiger partial charge in [-0.2, -0.15) is 0 Å². The van der Waals surface area contributed by atoms with E-state index in [0.717, 1.165) is 11.3 Å². The van der Waals surface area contributed by atoms with Gasteiger partial charge in [0.15, 0.2) is 0 Å². The maximum atomic E-state index is 4.60. The molecule has 0 aliphatic rings. The number of imidazole rings is 1. The molecule has 0 fully saturated rings. The Morgan fingerprint density at radius 2 is 2.00 bits per heavy atom. The maximum Gasteiger partial charge on any atom is 0.109 e. The number of nitrogens with one attached hydrogen (secondary N) is 1. The van der Waals surface area contributed by atoms with E-state index in [1.807, 2.05) is 0 Å². The van der Waals surface area contributed by atoms with Crippen molar-refractivity contribution in [3.05, 3.63) is 29.6 Å². The Kier molecular flexibility index (Phi) is 3.51. The summed E-state index contributed by atoms with van der Waals surface area (Å²) in [4.78, 5) is 8.02. The van der Waals surface area contributed by atoms with Crippen LogP contribution in [-0.4, -0.2) is 9.97 Å². The maximum absolute atomic E-state index is 4.60. The number of hydrogen-bond donors (Lipinski definition) is 1. The fourth-order valence-corrected chi connectivity index (χ4v) is 2.23. The third-order valence-corrected chi connectivity index (χ3v) is 3.36. The second-order valence-corrected chi connectivity index (χ2v) is 5.24. The molecule has 1 N–H and O–H groups in total. The van der Waals surface area contributed by atoms with E-state index in [0.29, 0.717) is 11.8 Å². The summed E-state index contributed by atoms with van der Waals surface area (Å²) >= 11 is 0. The Bertz CT molecular complexity index is 497. The van der Waals surface area contributed by atoms with Crippen LogP contribution in [0, 0.1) is 0 Å². The normalized spacial score (nSPS) is 13.5. The van der Waals surface area contributed by atoms with Gasteiger partial charge in [-0.05, 0) is 30.0 Å². The first-order valence-electron chi connectivity index (χ1n) is 6.61. The highest BCUT2D eigenvalue weighted by Crippen LogP contribution is 2.24. The summed E-state index contributed by atoms with van der Waals surface area (Å²) in [6.45, 7) is 8.86. The largest absolute Gasteiger partial charge is 0.342 e. The quantitative estimate of drug-likeness (QED) is 0.817. The van der Waals surface area contributed by atoms with E-state index >= 15 is 0 Å². The molecule has 2 rings (SSSR count). The number of benzene rings is 1. The minimum atomic E-state index is 0.457. The molecule has 92 valence electrons. The number of nitrogens with zero attached hydrogens (tertiary/aromatic N) is 1. The number of rotatable bonds is 4. The molecule has 1 unspecified atom stereocenters. The predicted octanol–water partition coefficient (Wildman–Crippen LogP) is 4.59. The fourth-order valence-electron chi connectivity index (χ4n) is 2.23. The highest BCUT2D eigenvalue weighted by atomic mass is 14.9.